The summed E-state index contributed by atoms with van der Waals surface area (Å²) >= 11 is 1.13. The molecule has 1 aromatic carbocycles. The molecule has 0 bridgehead atoms. The summed E-state index contributed by atoms with van der Waals surface area (Å²) in [4.78, 5) is 12.0. The molecule has 1 heterocycles. The number of carbonyl (C=O) groups excluding carboxylic acids is 1. The van der Waals surface area contributed by atoms with Gasteiger partial charge in [0.25, 0.3) is 0 Å². The maximum absolute atomic E-state index is 12.0. The van der Waals surface area contributed by atoms with E-state index in [1.165, 1.54) is 0 Å². The van der Waals surface area contributed by atoms with Crippen molar-refractivity contribution in [3.05, 3.63) is 35.9 Å². The van der Waals surface area contributed by atoms with E-state index in [0.29, 0.717) is 0 Å². The summed E-state index contributed by atoms with van der Waals surface area (Å²) in [7, 11) is 0. The third kappa shape index (κ3) is 1.13. The van der Waals surface area contributed by atoms with Crippen molar-refractivity contribution in [3.8, 4) is 0 Å². The van der Waals surface area contributed by atoms with Crippen molar-refractivity contribution in [2.45, 2.75) is 24.7 Å². The third-order valence-corrected chi connectivity index (χ3v) is 4.14. The Kier molecular flexibility index (Phi) is 1.96. The van der Waals surface area contributed by atoms with Gasteiger partial charge in [0.05, 0.1) is 11.9 Å². The molecule has 0 amide bonds. The van der Waals surface area contributed by atoms with Gasteiger partial charge in [0.15, 0.2) is 0 Å². The summed E-state index contributed by atoms with van der Waals surface area (Å²) in [5, 5.41) is 0.209. The average Bonchev–Trinajstić information content (AvgIpc) is 2.82. The number of fused-ring (bicyclic) bond motifs is 1. The lowest BCUT2D eigenvalue weighted by Gasteiger charge is -2.22. The number of hydrogen-bond acceptors (Lipinski definition) is 3. The number of benzene rings is 1. The van der Waals surface area contributed by atoms with Crippen LogP contribution < -0.4 is 0 Å². The molecule has 3 rings (SSSR count). The Balaban J connectivity index is 2.17. The highest BCUT2D eigenvalue weighted by atomic mass is 32.2. The molecular formula is C12H11NOS. The maximum Gasteiger partial charge on any atom is 0.227 e. The molecule has 1 saturated carbocycles. The van der Waals surface area contributed by atoms with Gasteiger partial charge >= 0.3 is 0 Å². The van der Waals surface area contributed by atoms with Gasteiger partial charge in [0.1, 0.15) is 5.41 Å². The van der Waals surface area contributed by atoms with Gasteiger partial charge in [-0.15, -0.1) is 0 Å². The molecule has 0 radical (unpaired) electrons. The number of hydrogen-bond donors (Lipinski definition) is 0. The van der Waals surface area contributed by atoms with Crippen LogP contribution in [-0.4, -0.2) is 10.8 Å². The van der Waals surface area contributed by atoms with E-state index in [9.17, 15) is 4.79 Å². The quantitative estimate of drug-likeness (QED) is 0.677. The molecule has 0 saturated heterocycles. The largest absolute Gasteiger partial charge is 0.284 e. The lowest BCUT2D eigenvalue weighted by Crippen LogP contribution is -2.34. The van der Waals surface area contributed by atoms with Crippen LogP contribution in [0.15, 0.2) is 34.7 Å². The van der Waals surface area contributed by atoms with E-state index >= 15 is 0 Å². The highest BCUT2D eigenvalue weighted by Gasteiger charge is 2.51. The van der Waals surface area contributed by atoms with Crippen LogP contribution in [0.1, 0.15) is 24.8 Å². The highest BCUT2D eigenvalue weighted by Crippen LogP contribution is 2.47. The molecule has 2 aliphatic rings. The number of nitrogens with zero attached hydrogens (tertiary/aromatic N) is 1. The van der Waals surface area contributed by atoms with E-state index < -0.39 is 0 Å². The van der Waals surface area contributed by atoms with Crippen LogP contribution in [0.5, 0.6) is 0 Å². The molecule has 1 fully saturated rings. The van der Waals surface area contributed by atoms with E-state index in [2.05, 4.69) is 4.40 Å². The van der Waals surface area contributed by atoms with E-state index in [1.807, 2.05) is 30.3 Å². The van der Waals surface area contributed by atoms with Gasteiger partial charge in [-0.2, -0.15) is 0 Å². The summed E-state index contributed by atoms with van der Waals surface area (Å²) in [6.07, 6.45) is 3.00. The lowest BCUT2D eigenvalue weighted by molar-refractivity contribution is -0.113. The Hall–Kier alpha value is -1.09. The molecule has 1 aromatic rings. The van der Waals surface area contributed by atoms with Crippen molar-refractivity contribution < 1.29 is 4.79 Å². The molecule has 76 valence electrons. The monoisotopic (exact) mass is 217 g/mol. The fourth-order valence-corrected chi connectivity index (χ4v) is 3.48. The average molecular weight is 217 g/mol. The van der Waals surface area contributed by atoms with Crippen LogP contribution in [0.3, 0.4) is 0 Å². The first-order valence-corrected chi connectivity index (χ1v) is 5.96. The number of rotatable bonds is 1. The Morgan fingerprint density at radius 2 is 2.07 bits per heavy atom. The van der Waals surface area contributed by atoms with Crippen LogP contribution in [-0.2, 0) is 10.2 Å². The minimum atomic E-state index is -0.369. The second-order valence-electron chi connectivity index (χ2n) is 4.04. The molecule has 1 aliphatic heterocycles. The second kappa shape index (κ2) is 3.20. The summed E-state index contributed by atoms with van der Waals surface area (Å²) in [5.41, 5.74) is 1.84. The first-order chi connectivity index (χ1) is 7.34. The van der Waals surface area contributed by atoms with Gasteiger partial charge in [-0.25, -0.2) is 4.40 Å². The van der Waals surface area contributed by atoms with Crippen LogP contribution in [0.4, 0.5) is 0 Å². The Labute approximate surface area is 92.9 Å². The molecule has 0 N–H and O–H groups in total. The smallest absolute Gasteiger partial charge is 0.227 e. The summed E-state index contributed by atoms with van der Waals surface area (Å²) < 4.78 is 4.31. The van der Waals surface area contributed by atoms with E-state index in [0.717, 1.165) is 42.5 Å². The van der Waals surface area contributed by atoms with Crippen molar-refractivity contribution in [1.82, 2.24) is 0 Å². The fraction of sp³-hybridized carbons (Fsp3) is 0.333. The van der Waals surface area contributed by atoms with E-state index in [1.54, 1.807) is 0 Å². The van der Waals surface area contributed by atoms with Gasteiger partial charge < -0.3 is 0 Å². The molecule has 0 aromatic heterocycles. The van der Waals surface area contributed by atoms with Crippen LogP contribution in [0, 0.1) is 0 Å². The molecule has 0 spiro atoms. The Bertz CT molecular complexity index is 440. The topological polar surface area (TPSA) is 29.4 Å². The number of carbonyl (C=O) groups is 1. The standard InChI is InChI=1S/C12H11NOS/c14-11-12(9-5-2-1-3-6-9)8-4-7-10(12)13-15-11/h1-3,5-6H,4,7-8H2. The van der Waals surface area contributed by atoms with Crippen molar-refractivity contribution in [2.24, 2.45) is 4.40 Å². The molecule has 2 nitrogen and oxygen atoms in total. The zero-order valence-electron chi connectivity index (χ0n) is 8.27. The van der Waals surface area contributed by atoms with Crippen molar-refractivity contribution >= 4 is 22.8 Å². The third-order valence-electron chi connectivity index (χ3n) is 3.31. The molecule has 1 unspecified atom stereocenters. The van der Waals surface area contributed by atoms with Gasteiger partial charge in [-0.05, 0) is 24.8 Å². The summed E-state index contributed by atoms with van der Waals surface area (Å²) in [6.45, 7) is 0. The first-order valence-electron chi connectivity index (χ1n) is 5.18. The molecule has 1 atom stereocenters. The molecular weight excluding hydrogens is 206 g/mol. The zero-order valence-corrected chi connectivity index (χ0v) is 9.09. The lowest BCUT2D eigenvalue weighted by atomic mass is 9.79. The molecule has 1 aliphatic carbocycles. The zero-order chi connectivity index (χ0) is 10.3. The van der Waals surface area contributed by atoms with Crippen molar-refractivity contribution in [2.75, 3.05) is 0 Å². The fourth-order valence-electron chi connectivity index (χ4n) is 2.55. The first kappa shape index (κ1) is 9.16. The second-order valence-corrected chi connectivity index (χ2v) is 4.78. The van der Waals surface area contributed by atoms with Crippen LogP contribution in [0.25, 0.3) is 0 Å². The van der Waals surface area contributed by atoms with Gasteiger partial charge in [-0.1, -0.05) is 30.3 Å². The van der Waals surface area contributed by atoms with Crippen molar-refractivity contribution in [3.63, 3.8) is 0 Å². The van der Waals surface area contributed by atoms with Gasteiger partial charge in [0, 0.05) is 5.71 Å². The minimum Gasteiger partial charge on any atom is -0.284 e. The van der Waals surface area contributed by atoms with Crippen molar-refractivity contribution in [1.29, 1.82) is 0 Å². The molecule has 15 heavy (non-hydrogen) atoms. The predicted molar refractivity (Wildman–Crippen MR) is 62.0 cm³/mol. The molecule has 3 heteroatoms. The van der Waals surface area contributed by atoms with Gasteiger partial charge in [-0.3, -0.25) is 4.79 Å². The van der Waals surface area contributed by atoms with E-state index in [-0.39, 0.29) is 10.5 Å². The maximum atomic E-state index is 12.0. The SMILES string of the molecule is O=C1SN=C2CCCC12c1ccccc1. The Morgan fingerprint density at radius 1 is 1.27 bits per heavy atom. The predicted octanol–water partition coefficient (Wildman–Crippen LogP) is 2.74. The highest BCUT2D eigenvalue weighted by molar-refractivity contribution is 8.13. The normalized spacial score (nSPS) is 29.1. The summed E-state index contributed by atoms with van der Waals surface area (Å²) in [6, 6.07) is 10.1. The van der Waals surface area contributed by atoms with Crippen LogP contribution in [0.2, 0.25) is 0 Å². The summed E-state index contributed by atoms with van der Waals surface area (Å²) in [5.74, 6) is 0. The van der Waals surface area contributed by atoms with Gasteiger partial charge in [0.2, 0.25) is 5.12 Å². The van der Waals surface area contributed by atoms with Crippen LogP contribution >= 0.6 is 11.9 Å². The minimum absolute atomic E-state index is 0.209. The van der Waals surface area contributed by atoms with E-state index in [4.69, 9.17) is 0 Å². The Morgan fingerprint density at radius 3 is 2.87 bits per heavy atom.